The number of carbonyl (C=O) groups excluding carboxylic acids is 1. The van der Waals surface area contributed by atoms with E-state index >= 15 is 0 Å². The Kier molecular flexibility index (Phi) is 7.30. The molecule has 0 spiro atoms. The van der Waals surface area contributed by atoms with Crippen LogP contribution in [0.5, 0.6) is 17.2 Å². The number of amides is 1. The predicted molar refractivity (Wildman–Crippen MR) is 138 cm³/mol. The van der Waals surface area contributed by atoms with Gasteiger partial charge < -0.3 is 19.5 Å². The van der Waals surface area contributed by atoms with E-state index in [2.05, 4.69) is 5.32 Å². The minimum Gasteiger partial charge on any atom is -0.493 e. The number of fused-ring (bicyclic) bond motifs is 1. The van der Waals surface area contributed by atoms with Gasteiger partial charge in [-0.3, -0.25) is 18.7 Å². The summed E-state index contributed by atoms with van der Waals surface area (Å²) < 4.78 is 18.4. The van der Waals surface area contributed by atoms with Gasteiger partial charge in [-0.1, -0.05) is 35.9 Å². The van der Waals surface area contributed by atoms with Gasteiger partial charge in [-0.2, -0.15) is 0 Å². The van der Waals surface area contributed by atoms with Crippen LogP contribution in [0.3, 0.4) is 0 Å². The van der Waals surface area contributed by atoms with E-state index in [0.29, 0.717) is 38.9 Å². The SMILES string of the molecule is COc1cc(NC(=O)Cn2c(=O)n(Cc3ccc(Cl)cc3)c(=O)c3ccccc32)cc(OC)c1OC. The van der Waals surface area contributed by atoms with Crippen molar-refractivity contribution in [1.29, 1.82) is 0 Å². The highest BCUT2D eigenvalue weighted by Crippen LogP contribution is 2.39. The zero-order valence-corrected chi connectivity index (χ0v) is 20.7. The summed E-state index contributed by atoms with van der Waals surface area (Å²) in [5.41, 5.74) is 0.434. The van der Waals surface area contributed by atoms with E-state index in [4.69, 9.17) is 25.8 Å². The molecular formula is C26H24ClN3O6. The minimum absolute atomic E-state index is 0.0359. The lowest BCUT2D eigenvalue weighted by molar-refractivity contribution is -0.116. The number of methoxy groups -OCH3 is 3. The monoisotopic (exact) mass is 509 g/mol. The quantitative estimate of drug-likeness (QED) is 0.390. The van der Waals surface area contributed by atoms with Gasteiger partial charge in [-0.25, -0.2) is 4.79 Å². The van der Waals surface area contributed by atoms with Crippen LogP contribution in [0, 0.1) is 0 Å². The second-order valence-electron chi connectivity index (χ2n) is 7.87. The largest absolute Gasteiger partial charge is 0.493 e. The third-order valence-corrected chi connectivity index (χ3v) is 5.89. The maximum atomic E-state index is 13.4. The Hall–Kier alpha value is -4.24. The number of hydrogen-bond donors (Lipinski definition) is 1. The molecule has 0 aliphatic carbocycles. The molecule has 0 radical (unpaired) electrons. The summed E-state index contributed by atoms with van der Waals surface area (Å²) in [5, 5.41) is 3.63. The van der Waals surface area contributed by atoms with E-state index in [1.807, 2.05) is 0 Å². The number of benzene rings is 3. The molecule has 3 aromatic carbocycles. The normalized spacial score (nSPS) is 10.8. The molecule has 36 heavy (non-hydrogen) atoms. The Morgan fingerprint density at radius 2 is 1.53 bits per heavy atom. The lowest BCUT2D eigenvalue weighted by Gasteiger charge is -2.16. The molecule has 1 aromatic heterocycles. The van der Waals surface area contributed by atoms with E-state index in [-0.39, 0.29) is 13.1 Å². The van der Waals surface area contributed by atoms with Crippen LogP contribution in [0.4, 0.5) is 5.69 Å². The van der Waals surface area contributed by atoms with E-state index in [9.17, 15) is 14.4 Å². The van der Waals surface area contributed by atoms with E-state index in [0.717, 1.165) is 10.1 Å². The summed E-state index contributed by atoms with van der Waals surface area (Å²) in [7, 11) is 4.42. The second kappa shape index (κ2) is 10.6. The van der Waals surface area contributed by atoms with E-state index < -0.39 is 17.2 Å². The molecule has 4 aromatic rings. The highest BCUT2D eigenvalue weighted by molar-refractivity contribution is 6.30. The molecule has 0 aliphatic rings. The summed E-state index contributed by atoms with van der Waals surface area (Å²) in [6.45, 7) is -0.287. The summed E-state index contributed by atoms with van der Waals surface area (Å²) in [6, 6.07) is 16.7. The lowest BCUT2D eigenvalue weighted by Crippen LogP contribution is -2.42. The van der Waals surface area contributed by atoms with Crippen molar-refractivity contribution in [3.05, 3.63) is 92.1 Å². The molecule has 1 N–H and O–H groups in total. The van der Waals surface area contributed by atoms with Crippen molar-refractivity contribution in [3.63, 3.8) is 0 Å². The highest BCUT2D eigenvalue weighted by atomic mass is 35.5. The Morgan fingerprint density at radius 3 is 2.14 bits per heavy atom. The first-order chi connectivity index (χ1) is 17.4. The van der Waals surface area contributed by atoms with Crippen molar-refractivity contribution < 1.29 is 19.0 Å². The van der Waals surface area contributed by atoms with Crippen LogP contribution >= 0.6 is 11.6 Å². The number of aromatic nitrogens is 2. The van der Waals surface area contributed by atoms with Gasteiger partial charge in [0.15, 0.2) is 11.5 Å². The topological polar surface area (TPSA) is 101 Å². The molecular weight excluding hydrogens is 486 g/mol. The van der Waals surface area contributed by atoms with Crippen LogP contribution < -0.4 is 30.8 Å². The average Bonchev–Trinajstić information content (AvgIpc) is 2.89. The van der Waals surface area contributed by atoms with Crippen molar-refractivity contribution in [1.82, 2.24) is 9.13 Å². The molecule has 4 rings (SSSR count). The van der Waals surface area contributed by atoms with Crippen LogP contribution in [0.15, 0.2) is 70.3 Å². The summed E-state index contributed by atoms with van der Waals surface area (Å²) >= 11 is 5.96. The van der Waals surface area contributed by atoms with Gasteiger partial charge in [0.25, 0.3) is 5.56 Å². The Labute approximate surface area is 211 Å². The number of anilines is 1. The fourth-order valence-corrected chi connectivity index (χ4v) is 4.06. The molecule has 1 amide bonds. The number of halogens is 1. The van der Waals surface area contributed by atoms with Gasteiger partial charge in [-0.15, -0.1) is 0 Å². The number of nitrogens with one attached hydrogen (secondary N) is 1. The van der Waals surface area contributed by atoms with Gasteiger partial charge in [0.05, 0.1) is 38.8 Å². The number of para-hydroxylation sites is 1. The van der Waals surface area contributed by atoms with Gasteiger partial charge >= 0.3 is 5.69 Å². The summed E-state index contributed by atoms with van der Waals surface area (Å²) in [6.07, 6.45) is 0. The Morgan fingerprint density at radius 1 is 0.889 bits per heavy atom. The molecule has 0 saturated carbocycles. The Balaban J connectivity index is 1.72. The molecule has 0 fully saturated rings. The third-order valence-electron chi connectivity index (χ3n) is 5.64. The van der Waals surface area contributed by atoms with Crippen LogP contribution in [0.1, 0.15) is 5.56 Å². The highest BCUT2D eigenvalue weighted by Gasteiger charge is 2.18. The van der Waals surface area contributed by atoms with Crippen molar-refractivity contribution >= 4 is 34.1 Å². The molecule has 0 unspecified atom stereocenters. The van der Waals surface area contributed by atoms with Crippen molar-refractivity contribution in [3.8, 4) is 17.2 Å². The predicted octanol–water partition coefficient (Wildman–Crippen LogP) is 3.53. The van der Waals surface area contributed by atoms with E-state index in [1.54, 1.807) is 60.7 Å². The molecule has 0 aliphatic heterocycles. The molecule has 10 heteroatoms. The average molecular weight is 510 g/mol. The number of hydrogen-bond acceptors (Lipinski definition) is 6. The number of carbonyl (C=O) groups is 1. The zero-order valence-electron chi connectivity index (χ0n) is 19.9. The molecule has 0 bridgehead atoms. The van der Waals surface area contributed by atoms with Gasteiger partial charge in [0.2, 0.25) is 11.7 Å². The third kappa shape index (κ3) is 4.92. The van der Waals surface area contributed by atoms with Gasteiger partial charge in [0, 0.05) is 22.8 Å². The fraction of sp³-hybridized carbons (Fsp3) is 0.192. The van der Waals surface area contributed by atoms with Crippen molar-refractivity contribution in [2.75, 3.05) is 26.6 Å². The summed E-state index contributed by atoms with van der Waals surface area (Å²) in [4.78, 5) is 39.6. The fourth-order valence-electron chi connectivity index (χ4n) is 3.93. The first-order valence-electron chi connectivity index (χ1n) is 10.9. The second-order valence-corrected chi connectivity index (χ2v) is 8.30. The summed E-state index contributed by atoms with van der Waals surface area (Å²) in [5.74, 6) is 0.639. The maximum Gasteiger partial charge on any atom is 0.332 e. The minimum atomic E-state index is -0.603. The smallest absolute Gasteiger partial charge is 0.332 e. The molecule has 186 valence electrons. The number of nitrogens with zero attached hydrogens (tertiary/aromatic N) is 2. The Bertz CT molecular complexity index is 1520. The van der Waals surface area contributed by atoms with Crippen molar-refractivity contribution in [2.45, 2.75) is 13.1 Å². The lowest BCUT2D eigenvalue weighted by atomic mass is 10.2. The maximum absolute atomic E-state index is 13.4. The number of ether oxygens (including phenoxy) is 3. The number of rotatable bonds is 8. The van der Waals surface area contributed by atoms with E-state index in [1.165, 1.54) is 25.9 Å². The van der Waals surface area contributed by atoms with Gasteiger partial charge in [-0.05, 0) is 29.8 Å². The van der Waals surface area contributed by atoms with Crippen LogP contribution in [-0.4, -0.2) is 36.4 Å². The molecule has 0 atom stereocenters. The van der Waals surface area contributed by atoms with Crippen LogP contribution in [-0.2, 0) is 17.9 Å². The van der Waals surface area contributed by atoms with Gasteiger partial charge in [0.1, 0.15) is 6.54 Å². The standard InChI is InChI=1S/C26H24ClN3O6/c1-34-21-12-18(13-22(35-2)24(21)36-3)28-23(31)15-29-20-7-5-4-6-19(20)25(32)30(26(29)33)14-16-8-10-17(27)11-9-16/h4-13H,14-15H2,1-3H3,(H,28,31). The molecule has 0 saturated heterocycles. The molecule has 9 nitrogen and oxygen atoms in total. The van der Waals surface area contributed by atoms with Crippen LogP contribution in [0.2, 0.25) is 5.02 Å². The first-order valence-corrected chi connectivity index (χ1v) is 11.3. The zero-order chi connectivity index (χ0) is 25.8. The van der Waals surface area contributed by atoms with Crippen molar-refractivity contribution in [2.24, 2.45) is 0 Å². The molecule has 1 heterocycles. The first kappa shape index (κ1) is 24.9. The van der Waals surface area contributed by atoms with Crippen LogP contribution in [0.25, 0.3) is 10.9 Å².